The van der Waals surface area contributed by atoms with E-state index in [9.17, 15) is 4.79 Å². The van der Waals surface area contributed by atoms with E-state index in [2.05, 4.69) is 34.5 Å². The Morgan fingerprint density at radius 1 is 1.38 bits per heavy atom. The Labute approximate surface area is 127 Å². The molecule has 1 aromatic carbocycles. The Morgan fingerprint density at radius 2 is 2.10 bits per heavy atom. The van der Waals surface area contributed by atoms with Gasteiger partial charge in [0.2, 0.25) is 5.91 Å². The molecule has 1 saturated heterocycles. The molecule has 1 amide bonds. The Hall–Kier alpha value is -1.39. The van der Waals surface area contributed by atoms with Crippen molar-refractivity contribution < 1.29 is 4.79 Å². The Morgan fingerprint density at radius 3 is 2.76 bits per heavy atom. The lowest BCUT2D eigenvalue weighted by molar-refractivity contribution is -0.123. The lowest BCUT2D eigenvalue weighted by Crippen LogP contribution is -2.48. The first-order valence-electron chi connectivity index (χ1n) is 7.89. The van der Waals surface area contributed by atoms with E-state index < -0.39 is 6.04 Å². The molecule has 4 nitrogen and oxygen atoms in total. The lowest BCUT2D eigenvalue weighted by atomic mass is 10.0. The van der Waals surface area contributed by atoms with Crippen molar-refractivity contribution in [2.75, 3.05) is 13.1 Å². The van der Waals surface area contributed by atoms with E-state index in [-0.39, 0.29) is 11.8 Å². The van der Waals surface area contributed by atoms with Gasteiger partial charge in [-0.1, -0.05) is 44.2 Å². The van der Waals surface area contributed by atoms with Crippen LogP contribution in [0.2, 0.25) is 0 Å². The summed E-state index contributed by atoms with van der Waals surface area (Å²) in [5.74, 6) is 0.144. The van der Waals surface area contributed by atoms with Crippen LogP contribution in [0.25, 0.3) is 0 Å². The number of likely N-dealkylation sites (tertiary alicyclic amines) is 1. The van der Waals surface area contributed by atoms with Crippen molar-refractivity contribution in [2.24, 2.45) is 11.7 Å². The van der Waals surface area contributed by atoms with Gasteiger partial charge < -0.3 is 11.1 Å². The fourth-order valence-electron chi connectivity index (χ4n) is 2.79. The fraction of sp³-hybridized carbons (Fsp3) is 0.588. The second kappa shape index (κ2) is 7.57. The normalized spacial score (nSPS) is 20.7. The molecule has 0 aromatic heterocycles. The number of carbonyl (C=O) groups excluding carboxylic acids is 1. The second-order valence-corrected chi connectivity index (χ2v) is 6.27. The molecule has 0 bridgehead atoms. The third kappa shape index (κ3) is 4.55. The minimum atomic E-state index is -0.408. The van der Waals surface area contributed by atoms with E-state index in [4.69, 9.17) is 5.73 Å². The van der Waals surface area contributed by atoms with Crippen LogP contribution >= 0.6 is 0 Å². The maximum atomic E-state index is 12.0. The average Bonchev–Trinajstić information content (AvgIpc) is 2.92. The zero-order valence-electron chi connectivity index (χ0n) is 13.1. The summed E-state index contributed by atoms with van der Waals surface area (Å²) in [6.45, 7) is 6.71. The predicted octanol–water partition coefficient (Wildman–Crippen LogP) is 1.75. The molecule has 1 aromatic rings. The molecule has 21 heavy (non-hydrogen) atoms. The maximum Gasteiger partial charge on any atom is 0.237 e. The molecule has 1 aliphatic rings. The molecule has 0 saturated carbocycles. The van der Waals surface area contributed by atoms with Crippen molar-refractivity contribution in [3.05, 3.63) is 35.9 Å². The third-order valence-electron chi connectivity index (χ3n) is 4.26. The van der Waals surface area contributed by atoms with Gasteiger partial charge in [0.1, 0.15) is 0 Å². The molecule has 1 fully saturated rings. The summed E-state index contributed by atoms with van der Waals surface area (Å²) in [6, 6.07) is 10.5. The Kier molecular flexibility index (Phi) is 5.76. The SMILES string of the molecule is CC(C)[C@H](N)C(=O)NCC1CCCN1Cc1ccccc1. The maximum absolute atomic E-state index is 12.0. The average molecular weight is 289 g/mol. The van der Waals surface area contributed by atoms with Gasteiger partial charge in [-0.25, -0.2) is 0 Å². The van der Waals surface area contributed by atoms with Crippen LogP contribution in [0.3, 0.4) is 0 Å². The molecule has 0 aliphatic carbocycles. The molecule has 3 N–H and O–H groups in total. The Balaban J connectivity index is 1.83. The minimum absolute atomic E-state index is 0.0310. The molecular weight excluding hydrogens is 262 g/mol. The molecule has 116 valence electrons. The predicted molar refractivity (Wildman–Crippen MR) is 85.7 cm³/mol. The standard InChI is InChI=1S/C17H27N3O/c1-13(2)16(18)17(21)19-11-15-9-6-10-20(15)12-14-7-4-3-5-8-14/h3-5,7-8,13,15-16H,6,9-12,18H2,1-2H3,(H,19,21)/t15?,16-/m0/s1. The summed E-state index contributed by atoms with van der Waals surface area (Å²) < 4.78 is 0. The van der Waals surface area contributed by atoms with Gasteiger partial charge >= 0.3 is 0 Å². The van der Waals surface area contributed by atoms with Crippen LogP contribution in [0.1, 0.15) is 32.3 Å². The van der Waals surface area contributed by atoms with Gasteiger partial charge in [-0.05, 0) is 30.9 Å². The van der Waals surface area contributed by atoms with Gasteiger partial charge in [-0.2, -0.15) is 0 Å². The topological polar surface area (TPSA) is 58.4 Å². The van der Waals surface area contributed by atoms with Crippen molar-refractivity contribution in [3.8, 4) is 0 Å². The van der Waals surface area contributed by atoms with Crippen LogP contribution in [-0.2, 0) is 11.3 Å². The molecule has 1 heterocycles. The number of hydrogen-bond donors (Lipinski definition) is 2. The summed E-state index contributed by atoms with van der Waals surface area (Å²) >= 11 is 0. The van der Waals surface area contributed by atoms with E-state index >= 15 is 0 Å². The van der Waals surface area contributed by atoms with Gasteiger partial charge in [0.25, 0.3) is 0 Å². The van der Waals surface area contributed by atoms with Crippen LogP contribution < -0.4 is 11.1 Å². The van der Waals surface area contributed by atoms with E-state index in [1.54, 1.807) is 0 Å². The first-order chi connectivity index (χ1) is 10.1. The quantitative estimate of drug-likeness (QED) is 0.839. The molecule has 0 radical (unpaired) electrons. The van der Waals surface area contributed by atoms with E-state index in [0.29, 0.717) is 12.6 Å². The van der Waals surface area contributed by atoms with Crippen molar-refractivity contribution in [3.63, 3.8) is 0 Å². The molecule has 1 aliphatic heterocycles. The van der Waals surface area contributed by atoms with Gasteiger partial charge in [0, 0.05) is 19.1 Å². The smallest absolute Gasteiger partial charge is 0.237 e. The number of nitrogens with one attached hydrogen (secondary N) is 1. The largest absolute Gasteiger partial charge is 0.353 e. The number of benzene rings is 1. The van der Waals surface area contributed by atoms with Crippen molar-refractivity contribution in [1.29, 1.82) is 0 Å². The number of hydrogen-bond acceptors (Lipinski definition) is 3. The number of nitrogens with zero attached hydrogens (tertiary/aromatic N) is 1. The molecule has 2 atom stereocenters. The van der Waals surface area contributed by atoms with Gasteiger partial charge in [-0.15, -0.1) is 0 Å². The monoisotopic (exact) mass is 289 g/mol. The third-order valence-corrected chi connectivity index (χ3v) is 4.26. The van der Waals surface area contributed by atoms with E-state index in [0.717, 1.165) is 19.5 Å². The zero-order valence-corrected chi connectivity index (χ0v) is 13.1. The summed E-state index contributed by atoms with van der Waals surface area (Å²) in [5.41, 5.74) is 7.21. The highest BCUT2D eigenvalue weighted by Crippen LogP contribution is 2.19. The fourth-order valence-corrected chi connectivity index (χ4v) is 2.79. The number of nitrogens with two attached hydrogens (primary N) is 1. The summed E-state index contributed by atoms with van der Waals surface area (Å²) in [6.07, 6.45) is 2.34. The van der Waals surface area contributed by atoms with Crippen LogP contribution in [-0.4, -0.2) is 36.0 Å². The zero-order chi connectivity index (χ0) is 15.2. The lowest BCUT2D eigenvalue weighted by Gasteiger charge is -2.25. The Bertz CT molecular complexity index is 447. The van der Waals surface area contributed by atoms with Gasteiger partial charge in [0.05, 0.1) is 6.04 Å². The summed E-state index contributed by atoms with van der Waals surface area (Å²) in [4.78, 5) is 14.4. The number of carbonyl (C=O) groups is 1. The van der Waals surface area contributed by atoms with E-state index in [1.165, 1.54) is 12.0 Å². The van der Waals surface area contributed by atoms with Crippen LogP contribution in [0.15, 0.2) is 30.3 Å². The van der Waals surface area contributed by atoms with Crippen LogP contribution in [0, 0.1) is 5.92 Å². The van der Waals surface area contributed by atoms with Crippen molar-refractivity contribution in [2.45, 2.75) is 45.3 Å². The summed E-state index contributed by atoms with van der Waals surface area (Å²) in [7, 11) is 0. The number of rotatable bonds is 6. The minimum Gasteiger partial charge on any atom is -0.353 e. The van der Waals surface area contributed by atoms with E-state index in [1.807, 2.05) is 19.9 Å². The second-order valence-electron chi connectivity index (χ2n) is 6.27. The first-order valence-corrected chi connectivity index (χ1v) is 7.89. The highest BCUT2D eigenvalue weighted by molar-refractivity contribution is 5.81. The molecule has 2 rings (SSSR count). The van der Waals surface area contributed by atoms with Gasteiger partial charge in [0.15, 0.2) is 0 Å². The summed E-state index contributed by atoms with van der Waals surface area (Å²) in [5, 5.41) is 3.02. The highest BCUT2D eigenvalue weighted by Gasteiger charge is 2.26. The first kappa shape index (κ1) is 16.0. The van der Waals surface area contributed by atoms with Gasteiger partial charge in [-0.3, -0.25) is 9.69 Å². The van der Waals surface area contributed by atoms with Crippen molar-refractivity contribution in [1.82, 2.24) is 10.2 Å². The van der Waals surface area contributed by atoms with Crippen molar-refractivity contribution >= 4 is 5.91 Å². The highest BCUT2D eigenvalue weighted by atomic mass is 16.2. The molecule has 4 heteroatoms. The molecule has 0 spiro atoms. The molecule has 1 unspecified atom stereocenters. The number of amides is 1. The molecular formula is C17H27N3O. The van der Waals surface area contributed by atoms with Crippen LogP contribution in [0.5, 0.6) is 0 Å². The van der Waals surface area contributed by atoms with Crippen LogP contribution in [0.4, 0.5) is 0 Å².